The molecule has 2 N–H and O–H groups in total. The number of aromatic amines is 2. The molecule has 0 amide bonds. The minimum Gasteiger partial charge on any atom is -0.494 e. The first kappa shape index (κ1) is 25.3. The van der Waals surface area contributed by atoms with Crippen LogP contribution in [0.5, 0.6) is 17.2 Å². The van der Waals surface area contributed by atoms with E-state index in [1.165, 1.54) is 0 Å². The molecule has 0 spiro atoms. The number of likely N-dealkylation sites (N-methyl/N-ethyl adjacent to an activating group) is 1. The molecule has 4 rings (SSSR count). The SMILES string of the molecule is COc1cc(N2CCOCC2)ccc1N=Nc1c(-c2ccc(OCCN(C)C)c(OC)c2)[nH][nH]c1=O. The van der Waals surface area contributed by atoms with Gasteiger partial charge in [-0.3, -0.25) is 15.0 Å². The molecule has 1 aliphatic rings. The largest absolute Gasteiger partial charge is 0.494 e. The normalized spacial score (nSPS) is 14.0. The molecule has 2 heterocycles. The highest BCUT2D eigenvalue weighted by atomic mass is 16.5. The molecule has 0 saturated carbocycles. The maximum absolute atomic E-state index is 12.5. The Morgan fingerprint density at radius 3 is 2.47 bits per heavy atom. The van der Waals surface area contributed by atoms with Crippen molar-refractivity contribution in [2.45, 2.75) is 0 Å². The molecule has 3 aromatic rings. The summed E-state index contributed by atoms with van der Waals surface area (Å²) in [6.07, 6.45) is 0. The van der Waals surface area contributed by atoms with E-state index in [2.05, 4.69) is 25.3 Å². The molecule has 0 unspecified atom stereocenters. The van der Waals surface area contributed by atoms with Crippen molar-refractivity contribution in [2.75, 3.05) is 72.7 Å². The predicted octanol–water partition coefficient (Wildman–Crippen LogP) is 3.58. The Morgan fingerprint density at radius 2 is 1.75 bits per heavy atom. The number of anilines is 1. The van der Waals surface area contributed by atoms with Gasteiger partial charge in [-0.25, -0.2) is 0 Å². The number of ether oxygens (including phenoxy) is 4. The smallest absolute Gasteiger partial charge is 0.292 e. The van der Waals surface area contributed by atoms with Gasteiger partial charge in [-0.2, -0.15) is 0 Å². The maximum Gasteiger partial charge on any atom is 0.292 e. The molecule has 0 bridgehead atoms. The van der Waals surface area contributed by atoms with Crippen molar-refractivity contribution in [1.29, 1.82) is 0 Å². The molecular weight excluding hydrogens is 464 g/mol. The first-order chi connectivity index (χ1) is 17.5. The molecule has 1 aromatic heterocycles. The van der Waals surface area contributed by atoms with Gasteiger partial charge in [0.25, 0.3) is 5.56 Å². The summed E-state index contributed by atoms with van der Waals surface area (Å²) in [5, 5.41) is 14.1. The van der Waals surface area contributed by atoms with E-state index in [0.717, 1.165) is 25.3 Å². The lowest BCUT2D eigenvalue weighted by atomic mass is 10.1. The molecule has 0 radical (unpaired) electrons. The van der Waals surface area contributed by atoms with Gasteiger partial charge in [-0.15, -0.1) is 10.2 Å². The highest BCUT2D eigenvalue weighted by Crippen LogP contribution is 2.36. The molecule has 1 saturated heterocycles. The summed E-state index contributed by atoms with van der Waals surface area (Å²) in [4.78, 5) is 16.8. The Bertz CT molecular complexity index is 1250. The quantitative estimate of drug-likeness (QED) is 0.412. The number of morpholine rings is 1. The molecule has 0 aliphatic carbocycles. The summed E-state index contributed by atoms with van der Waals surface area (Å²) in [5.74, 6) is 1.74. The lowest BCUT2D eigenvalue weighted by Gasteiger charge is -2.29. The zero-order valence-corrected chi connectivity index (χ0v) is 21.0. The molecule has 1 aliphatic heterocycles. The molecule has 2 aromatic carbocycles. The summed E-state index contributed by atoms with van der Waals surface area (Å²) in [6, 6.07) is 11.1. The number of nitrogens with one attached hydrogen (secondary N) is 2. The summed E-state index contributed by atoms with van der Waals surface area (Å²) < 4.78 is 22.3. The van der Waals surface area contributed by atoms with E-state index < -0.39 is 0 Å². The standard InChI is InChI=1S/C25H32N6O5/c1-30(2)9-14-36-20-8-5-17(15-22(20)34-4)23-24(25(32)29-27-23)28-26-19-7-6-18(16-21(19)33-3)31-10-12-35-13-11-31/h5-8,15-16H,9-14H2,1-4H3,(H2,27,29,32). The highest BCUT2D eigenvalue weighted by molar-refractivity contribution is 5.73. The molecule has 36 heavy (non-hydrogen) atoms. The predicted molar refractivity (Wildman–Crippen MR) is 138 cm³/mol. The fourth-order valence-corrected chi connectivity index (χ4v) is 3.81. The summed E-state index contributed by atoms with van der Waals surface area (Å²) in [7, 11) is 7.12. The third-order valence-electron chi connectivity index (χ3n) is 5.80. The second kappa shape index (κ2) is 11.7. The number of hydrogen-bond acceptors (Lipinski definition) is 9. The third kappa shape index (κ3) is 5.86. The second-order valence-electron chi connectivity index (χ2n) is 8.48. The van der Waals surface area contributed by atoms with Gasteiger partial charge in [0, 0.05) is 37.0 Å². The average molecular weight is 497 g/mol. The van der Waals surface area contributed by atoms with Gasteiger partial charge in [0.2, 0.25) is 0 Å². The fraction of sp³-hybridized carbons (Fsp3) is 0.400. The van der Waals surface area contributed by atoms with Crippen LogP contribution in [0.1, 0.15) is 0 Å². The first-order valence-electron chi connectivity index (χ1n) is 11.7. The lowest BCUT2D eigenvalue weighted by Crippen LogP contribution is -2.36. The van der Waals surface area contributed by atoms with Crippen LogP contribution >= 0.6 is 0 Å². The van der Waals surface area contributed by atoms with Crippen LogP contribution in [0.25, 0.3) is 11.3 Å². The maximum atomic E-state index is 12.5. The van der Waals surface area contributed by atoms with E-state index in [4.69, 9.17) is 18.9 Å². The topological polar surface area (TPSA) is 117 Å². The van der Waals surface area contributed by atoms with E-state index in [0.29, 0.717) is 54.0 Å². The molecular formula is C25H32N6O5. The molecule has 0 atom stereocenters. The van der Waals surface area contributed by atoms with Crippen LogP contribution in [0.2, 0.25) is 0 Å². The Morgan fingerprint density at radius 1 is 0.972 bits per heavy atom. The van der Waals surface area contributed by atoms with Crippen molar-refractivity contribution in [3.05, 3.63) is 46.8 Å². The summed E-state index contributed by atoms with van der Waals surface area (Å²) in [6.45, 7) is 4.31. The van der Waals surface area contributed by atoms with Gasteiger partial charge in [0.1, 0.15) is 18.0 Å². The van der Waals surface area contributed by atoms with Crippen LogP contribution in [0.3, 0.4) is 0 Å². The van der Waals surface area contributed by atoms with Crippen LogP contribution in [-0.2, 0) is 4.74 Å². The minimum absolute atomic E-state index is 0.151. The van der Waals surface area contributed by atoms with Crippen LogP contribution in [-0.4, -0.2) is 82.9 Å². The van der Waals surface area contributed by atoms with Gasteiger partial charge < -0.3 is 28.7 Å². The van der Waals surface area contributed by atoms with Crippen LogP contribution in [0.15, 0.2) is 51.4 Å². The Balaban J connectivity index is 1.58. The Labute approximate surface area is 209 Å². The van der Waals surface area contributed by atoms with E-state index in [-0.39, 0.29) is 11.2 Å². The van der Waals surface area contributed by atoms with Crippen LogP contribution < -0.4 is 24.7 Å². The van der Waals surface area contributed by atoms with E-state index in [1.807, 2.05) is 49.3 Å². The summed E-state index contributed by atoms with van der Waals surface area (Å²) >= 11 is 0. The number of azo groups is 1. The minimum atomic E-state index is -0.386. The van der Waals surface area contributed by atoms with E-state index in [9.17, 15) is 4.79 Å². The fourth-order valence-electron chi connectivity index (χ4n) is 3.81. The average Bonchev–Trinajstić information content (AvgIpc) is 3.27. The van der Waals surface area contributed by atoms with Gasteiger partial charge in [0.15, 0.2) is 17.2 Å². The van der Waals surface area contributed by atoms with Crippen molar-refractivity contribution in [1.82, 2.24) is 15.1 Å². The zero-order chi connectivity index (χ0) is 25.5. The van der Waals surface area contributed by atoms with Gasteiger partial charge in [0.05, 0.1) is 33.1 Å². The molecule has 11 heteroatoms. The van der Waals surface area contributed by atoms with E-state index >= 15 is 0 Å². The second-order valence-corrected chi connectivity index (χ2v) is 8.48. The highest BCUT2D eigenvalue weighted by Gasteiger charge is 2.16. The first-order valence-corrected chi connectivity index (χ1v) is 11.7. The van der Waals surface area contributed by atoms with Crippen molar-refractivity contribution in [2.24, 2.45) is 10.2 Å². The number of hydrogen-bond donors (Lipinski definition) is 2. The van der Waals surface area contributed by atoms with E-state index in [1.54, 1.807) is 20.3 Å². The molecule has 11 nitrogen and oxygen atoms in total. The van der Waals surface area contributed by atoms with Crippen molar-refractivity contribution in [3.8, 4) is 28.5 Å². The monoisotopic (exact) mass is 496 g/mol. The van der Waals surface area contributed by atoms with Crippen molar-refractivity contribution < 1.29 is 18.9 Å². The number of methoxy groups -OCH3 is 2. The molecule has 1 fully saturated rings. The van der Waals surface area contributed by atoms with Crippen LogP contribution in [0.4, 0.5) is 17.1 Å². The van der Waals surface area contributed by atoms with Crippen molar-refractivity contribution in [3.63, 3.8) is 0 Å². The Kier molecular flexibility index (Phi) is 8.24. The third-order valence-corrected chi connectivity index (χ3v) is 5.80. The number of H-pyrrole nitrogens is 2. The van der Waals surface area contributed by atoms with Gasteiger partial charge in [-0.05, 0) is 44.4 Å². The number of rotatable bonds is 10. The van der Waals surface area contributed by atoms with Crippen molar-refractivity contribution >= 4 is 17.1 Å². The Hall–Kier alpha value is -3.83. The lowest BCUT2D eigenvalue weighted by molar-refractivity contribution is 0.122. The van der Waals surface area contributed by atoms with Gasteiger partial charge in [-0.1, -0.05) is 0 Å². The molecule has 192 valence electrons. The number of nitrogens with zero attached hydrogens (tertiary/aromatic N) is 4. The van der Waals surface area contributed by atoms with Crippen LogP contribution in [0, 0.1) is 0 Å². The summed E-state index contributed by atoms with van der Waals surface area (Å²) in [5.41, 5.74) is 2.50. The number of aromatic nitrogens is 2. The van der Waals surface area contributed by atoms with Gasteiger partial charge >= 0.3 is 0 Å². The number of benzene rings is 2. The zero-order valence-electron chi connectivity index (χ0n) is 21.0.